The van der Waals surface area contributed by atoms with Crippen molar-refractivity contribution in [3.05, 3.63) is 41.5 Å². The Morgan fingerprint density at radius 3 is 2.35 bits per heavy atom. The Kier molecular flexibility index (Phi) is 3.00. The van der Waals surface area contributed by atoms with Gasteiger partial charge in [-0.3, -0.25) is 9.59 Å². The Hall–Kier alpha value is -1.90. The highest BCUT2D eigenvalue weighted by Gasteiger charge is 2.50. The lowest BCUT2D eigenvalue weighted by atomic mass is 9.78. The van der Waals surface area contributed by atoms with Gasteiger partial charge in [0.05, 0.1) is 17.5 Å². The molecule has 1 aliphatic heterocycles. The maximum atomic E-state index is 12.7. The fourth-order valence-electron chi connectivity index (χ4n) is 3.53. The van der Waals surface area contributed by atoms with Crippen LogP contribution in [0.1, 0.15) is 24.5 Å². The van der Waals surface area contributed by atoms with E-state index in [2.05, 4.69) is 6.08 Å². The molecule has 0 unspecified atom stereocenters. The molecule has 1 aromatic rings. The first-order valence-electron chi connectivity index (χ1n) is 7.13. The van der Waals surface area contributed by atoms with E-state index in [0.29, 0.717) is 6.42 Å². The number of imide groups is 1. The zero-order valence-electron chi connectivity index (χ0n) is 12.1. The summed E-state index contributed by atoms with van der Waals surface area (Å²) in [7, 11) is 0. The molecule has 1 aromatic carbocycles. The molecular formula is C17H19NO2. The number of carbonyl (C=O) groups excluding carboxylic acids is 2. The SMILES string of the molecule is Cc1cccc(C)c1N1C(=O)[C@H]2[C@H](C)C=CC[C@@H]2C1=O. The molecule has 1 saturated heterocycles. The topological polar surface area (TPSA) is 37.4 Å². The molecule has 2 aliphatic rings. The summed E-state index contributed by atoms with van der Waals surface area (Å²) in [6.45, 7) is 5.92. The van der Waals surface area contributed by atoms with Gasteiger partial charge >= 0.3 is 0 Å². The molecule has 0 radical (unpaired) electrons. The third kappa shape index (κ3) is 1.73. The number of hydrogen-bond acceptors (Lipinski definition) is 2. The molecular weight excluding hydrogens is 250 g/mol. The highest BCUT2D eigenvalue weighted by molar-refractivity contribution is 6.23. The second-order valence-electron chi connectivity index (χ2n) is 5.91. The van der Waals surface area contributed by atoms with Gasteiger partial charge in [-0.05, 0) is 37.3 Å². The third-order valence-corrected chi connectivity index (χ3v) is 4.54. The molecule has 104 valence electrons. The first-order valence-corrected chi connectivity index (χ1v) is 7.13. The normalized spacial score (nSPS) is 28.9. The number of amides is 2. The molecule has 3 nitrogen and oxygen atoms in total. The predicted octanol–water partition coefficient (Wildman–Crippen LogP) is 3.01. The van der Waals surface area contributed by atoms with E-state index in [1.54, 1.807) is 0 Å². The number of allylic oxidation sites excluding steroid dienone is 2. The van der Waals surface area contributed by atoms with Crippen molar-refractivity contribution >= 4 is 17.5 Å². The van der Waals surface area contributed by atoms with Crippen molar-refractivity contribution in [2.45, 2.75) is 27.2 Å². The number of fused-ring (bicyclic) bond motifs is 1. The number of nitrogens with zero attached hydrogens (tertiary/aromatic N) is 1. The summed E-state index contributed by atoms with van der Waals surface area (Å²) in [6.07, 6.45) is 4.77. The average Bonchev–Trinajstić information content (AvgIpc) is 2.65. The van der Waals surface area contributed by atoms with Gasteiger partial charge in [-0.2, -0.15) is 0 Å². The zero-order chi connectivity index (χ0) is 14.4. The Bertz CT molecular complexity index is 597. The van der Waals surface area contributed by atoms with Crippen molar-refractivity contribution in [1.29, 1.82) is 0 Å². The van der Waals surface area contributed by atoms with Crippen LogP contribution in [0.15, 0.2) is 30.4 Å². The number of aryl methyl sites for hydroxylation is 2. The van der Waals surface area contributed by atoms with Gasteiger partial charge in [0.25, 0.3) is 0 Å². The maximum Gasteiger partial charge on any atom is 0.238 e. The van der Waals surface area contributed by atoms with E-state index in [4.69, 9.17) is 0 Å². The fraction of sp³-hybridized carbons (Fsp3) is 0.412. The van der Waals surface area contributed by atoms with Crippen LogP contribution in [-0.4, -0.2) is 11.8 Å². The summed E-state index contributed by atoms with van der Waals surface area (Å²) in [5, 5.41) is 0. The van der Waals surface area contributed by atoms with Crippen LogP contribution in [0.25, 0.3) is 0 Å². The zero-order valence-corrected chi connectivity index (χ0v) is 12.1. The maximum absolute atomic E-state index is 12.7. The molecule has 1 aliphatic carbocycles. The van der Waals surface area contributed by atoms with Gasteiger partial charge in [0.15, 0.2) is 0 Å². The Morgan fingerprint density at radius 1 is 1.10 bits per heavy atom. The highest BCUT2D eigenvalue weighted by atomic mass is 16.2. The van der Waals surface area contributed by atoms with E-state index in [0.717, 1.165) is 16.8 Å². The minimum absolute atomic E-state index is 0.0331. The fourth-order valence-corrected chi connectivity index (χ4v) is 3.53. The van der Waals surface area contributed by atoms with Crippen LogP contribution in [0.2, 0.25) is 0 Å². The number of para-hydroxylation sites is 1. The van der Waals surface area contributed by atoms with Crippen molar-refractivity contribution in [3.63, 3.8) is 0 Å². The van der Waals surface area contributed by atoms with E-state index < -0.39 is 0 Å². The molecule has 0 saturated carbocycles. The Balaban J connectivity index is 2.08. The van der Waals surface area contributed by atoms with Crippen LogP contribution in [0.4, 0.5) is 5.69 Å². The Labute approximate surface area is 119 Å². The summed E-state index contributed by atoms with van der Waals surface area (Å²) >= 11 is 0. The third-order valence-electron chi connectivity index (χ3n) is 4.54. The van der Waals surface area contributed by atoms with Gasteiger partial charge in [0, 0.05) is 0 Å². The number of hydrogen-bond donors (Lipinski definition) is 0. The first-order chi connectivity index (χ1) is 9.52. The summed E-state index contributed by atoms with van der Waals surface area (Å²) in [4.78, 5) is 26.8. The van der Waals surface area contributed by atoms with Crippen molar-refractivity contribution in [3.8, 4) is 0 Å². The van der Waals surface area contributed by atoms with Crippen molar-refractivity contribution < 1.29 is 9.59 Å². The summed E-state index contributed by atoms with van der Waals surface area (Å²) in [6, 6.07) is 5.86. The molecule has 2 amide bonds. The van der Waals surface area contributed by atoms with Crippen LogP contribution < -0.4 is 4.90 Å². The molecule has 1 heterocycles. The van der Waals surface area contributed by atoms with Crippen LogP contribution in [0.5, 0.6) is 0 Å². The molecule has 3 atom stereocenters. The van der Waals surface area contributed by atoms with Crippen LogP contribution in [0, 0.1) is 31.6 Å². The highest BCUT2D eigenvalue weighted by Crippen LogP contribution is 2.41. The van der Waals surface area contributed by atoms with Gasteiger partial charge in [-0.1, -0.05) is 37.3 Å². The van der Waals surface area contributed by atoms with E-state index in [1.807, 2.05) is 45.0 Å². The lowest BCUT2D eigenvalue weighted by Crippen LogP contribution is -2.32. The average molecular weight is 269 g/mol. The molecule has 0 bridgehead atoms. The van der Waals surface area contributed by atoms with E-state index in [-0.39, 0.29) is 29.6 Å². The second-order valence-corrected chi connectivity index (χ2v) is 5.91. The summed E-state index contributed by atoms with van der Waals surface area (Å²) < 4.78 is 0. The van der Waals surface area contributed by atoms with Crippen molar-refractivity contribution in [2.75, 3.05) is 4.90 Å². The van der Waals surface area contributed by atoms with Gasteiger partial charge in [-0.25, -0.2) is 4.90 Å². The van der Waals surface area contributed by atoms with Crippen LogP contribution in [0.3, 0.4) is 0 Å². The summed E-state index contributed by atoms with van der Waals surface area (Å²) in [5.74, 6) is -0.296. The molecule has 1 fully saturated rings. The lowest BCUT2D eigenvalue weighted by molar-refractivity contribution is -0.122. The van der Waals surface area contributed by atoms with Gasteiger partial charge in [0.1, 0.15) is 0 Å². The minimum Gasteiger partial charge on any atom is -0.274 e. The molecule has 20 heavy (non-hydrogen) atoms. The predicted molar refractivity (Wildman–Crippen MR) is 78.3 cm³/mol. The standard InChI is InChI=1S/C17H19NO2/c1-10-6-5-9-13-14(10)17(20)18(16(13)19)15-11(2)7-4-8-12(15)3/h4-8,10,13-14H,9H2,1-3H3/t10-,13+,14+/m1/s1. The smallest absolute Gasteiger partial charge is 0.238 e. The number of anilines is 1. The number of carbonyl (C=O) groups is 2. The lowest BCUT2D eigenvalue weighted by Gasteiger charge is -2.22. The van der Waals surface area contributed by atoms with Crippen molar-refractivity contribution in [2.24, 2.45) is 17.8 Å². The van der Waals surface area contributed by atoms with Crippen molar-refractivity contribution in [1.82, 2.24) is 0 Å². The van der Waals surface area contributed by atoms with Gasteiger partial charge < -0.3 is 0 Å². The van der Waals surface area contributed by atoms with E-state index in [1.165, 1.54) is 4.90 Å². The Morgan fingerprint density at radius 2 is 1.75 bits per heavy atom. The van der Waals surface area contributed by atoms with E-state index >= 15 is 0 Å². The first kappa shape index (κ1) is 13.1. The molecule has 0 N–H and O–H groups in total. The largest absolute Gasteiger partial charge is 0.274 e. The number of rotatable bonds is 1. The molecule has 3 heteroatoms. The molecule has 0 aromatic heterocycles. The van der Waals surface area contributed by atoms with Gasteiger partial charge in [-0.15, -0.1) is 0 Å². The summed E-state index contributed by atoms with van der Waals surface area (Å²) in [5.41, 5.74) is 2.74. The number of benzene rings is 1. The molecule has 3 rings (SSSR count). The van der Waals surface area contributed by atoms with Crippen LogP contribution >= 0.6 is 0 Å². The van der Waals surface area contributed by atoms with Gasteiger partial charge in [0.2, 0.25) is 11.8 Å². The minimum atomic E-state index is -0.188. The second kappa shape index (κ2) is 4.58. The van der Waals surface area contributed by atoms with Crippen LogP contribution in [-0.2, 0) is 9.59 Å². The van der Waals surface area contributed by atoms with E-state index in [9.17, 15) is 9.59 Å². The monoisotopic (exact) mass is 269 g/mol. The quantitative estimate of drug-likeness (QED) is 0.580. The molecule has 0 spiro atoms.